The number of para-hydroxylation sites is 2. The third-order valence-corrected chi connectivity index (χ3v) is 5.05. The molecule has 4 rings (SSSR count). The second-order valence-electron chi connectivity index (χ2n) is 7.07. The number of hydrogen-bond acceptors (Lipinski definition) is 5. The molecular formula is C22H24N4O2. The third kappa shape index (κ3) is 2.91. The van der Waals surface area contributed by atoms with E-state index in [9.17, 15) is 4.79 Å². The van der Waals surface area contributed by atoms with Crippen LogP contribution in [0.3, 0.4) is 0 Å². The summed E-state index contributed by atoms with van der Waals surface area (Å²) in [6, 6.07) is 15.9. The Morgan fingerprint density at radius 1 is 1.18 bits per heavy atom. The van der Waals surface area contributed by atoms with Gasteiger partial charge in [0, 0.05) is 25.5 Å². The molecule has 1 aliphatic rings. The molecule has 2 aromatic carbocycles. The van der Waals surface area contributed by atoms with E-state index < -0.39 is 0 Å². The van der Waals surface area contributed by atoms with Crippen LogP contribution in [-0.4, -0.2) is 36.2 Å². The van der Waals surface area contributed by atoms with Crippen LogP contribution in [0.5, 0.6) is 0 Å². The Balaban J connectivity index is 1.93. The van der Waals surface area contributed by atoms with E-state index >= 15 is 0 Å². The molecule has 28 heavy (non-hydrogen) atoms. The first-order valence-corrected chi connectivity index (χ1v) is 9.40. The maximum Gasteiger partial charge on any atom is 0.338 e. The number of rotatable bonds is 4. The maximum absolute atomic E-state index is 12.9. The van der Waals surface area contributed by atoms with Gasteiger partial charge in [-0.05, 0) is 43.7 Å². The van der Waals surface area contributed by atoms with Crippen molar-refractivity contribution in [3.8, 4) is 0 Å². The predicted molar refractivity (Wildman–Crippen MR) is 112 cm³/mol. The van der Waals surface area contributed by atoms with Gasteiger partial charge in [0.25, 0.3) is 0 Å². The number of carbonyl (C=O) groups is 1. The molecular weight excluding hydrogens is 352 g/mol. The fraction of sp³-hybridized carbons (Fsp3) is 0.273. The molecule has 2 heterocycles. The summed E-state index contributed by atoms with van der Waals surface area (Å²) in [5.41, 5.74) is 5.35. The first kappa shape index (κ1) is 18.1. The van der Waals surface area contributed by atoms with Crippen LogP contribution in [0, 0.1) is 0 Å². The van der Waals surface area contributed by atoms with Gasteiger partial charge in [-0.1, -0.05) is 24.3 Å². The van der Waals surface area contributed by atoms with Crippen LogP contribution in [-0.2, 0) is 9.53 Å². The van der Waals surface area contributed by atoms with E-state index in [4.69, 9.17) is 9.72 Å². The number of nitrogens with zero attached hydrogens (tertiary/aromatic N) is 3. The number of nitrogens with one attached hydrogen (secondary N) is 1. The molecule has 0 bridgehead atoms. The maximum atomic E-state index is 12.9. The van der Waals surface area contributed by atoms with Crippen LogP contribution >= 0.6 is 0 Å². The molecule has 0 radical (unpaired) electrons. The molecule has 1 aromatic heterocycles. The van der Waals surface area contributed by atoms with Crippen molar-refractivity contribution in [2.24, 2.45) is 0 Å². The fourth-order valence-electron chi connectivity index (χ4n) is 3.71. The van der Waals surface area contributed by atoms with Crippen molar-refractivity contribution in [1.82, 2.24) is 9.55 Å². The van der Waals surface area contributed by atoms with Crippen LogP contribution in [0.15, 0.2) is 59.8 Å². The number of aromatic nitrogens is 2. The lowest BCUT2D eigenvalue weighted by Gasteiger charge is -2.30. The SMILES string of the molecule is CCOC(=O)C1=C(C)Nc2nc3ccccc3n2C1c1ccc(N(C)C)cc1. The molecule has 1 aliphatic heterocycles. The minimum absolute atomic E-state index is 0.307. The molecule has 1 N–H and O–H groups in total. The highest BCUT2D eigenvalue weighted by atomic mass is 16.5. The third-order valence-electron chi connectivity index (χ3n) is 5.05. The summed E-state index contributed by atoms with van der Waals surface area (Å²) < 4.78 is 7.47. The first-order chi connectivity index (χ1) is 13.5. The lowest BCUT2D eigenvalue weighted by atomic mass is 9.95. The van der Waals surface area contributed by atoms with Crippen molar-refractivity contribution in [2.45, 2.75) is 19.9 Å². The van der Waals surface area contributed by atoms with Gasteiger partial charge >= 0.3 is 5.97 Å². The van der Waals surface area contributed by atoms with Crippen molar-refractivity contribution in [1.29, 1.82) is 0 Å². The second kappa shape index (κ2) is 7.03. The van der Waals surface area contributed by atoms with E-state index in [0.717, 1.165) is 33.9 Å². The molecule has 0 fully saturated rings. The first-order valence-electron chi connectivity index (χ1n) is 9.40. The topological polar surface area (TPSA) is 59.4 Å². The second-order valence-corrected chi connectivity index (χ2v) is 7.07. The van der Waals surface area contributed by atoms with Crippen LogP contribution in [0.25, 0.3) is 11.0 Å². The number of benzene rings is 2. The highest BCUT2D eigenvalue weighted by Crippen LogP contribution is 2.39. The molecule has 0 saturated heterocycles. The van der Waals surface area contributed by atoms with Gasteiger partial charge < -0.3 is 15.0 Å². The number of imidazole rings is 1. The standard InChI is InChI=1S/C22H24N4O2/c1-5-28-21(27)19-14(2)23-22-24-17-8-6-7-9-18(17)26(22)20(19)15-10-12-16(13-11-15)25(3)4/h6-13,20H,5H2,1-4H3,(H,23,24). The van der Waals surface area contributed by atoms with Gasteiger partial charge in [-0.25, -0.2) is 9.78 Å². The Bertz CT molecular complexity index is 1060. The monoisotopic (exact) mass is 376 g/mol. The van der Waals surface area contributed by atoms with Crippen molar-refractivity contribution < 1.29 is 9.53 Å². The van der Waals surface area contributed by atoms with E-state index in [2.05, 4.69) is 39.0 Å². The van der Waals surface area contributed by atoms with E-state index in [1.165, 1.54) is 0 Å². The highest BCUT2D eigenvalue weighted by Gasteiger charge is 2.34. The summed E-state index contributed by atoms with van der Waals surface area (Å²) in [6.45, 7) is 4.05. The number of allylic oxidation sites excluding steroid dienone is 1. The molecule has 0 aliphatic carbocycles. The summed E-state index contributed by atoms with van der Waals surface area (Å²) >= 11 is 0. The van der Waals surface area contributed by atoms with Gasteiger partial charge in [0.1, 0.15) is 0 Å². The van der Waals surface area contributed by atoms with Gasteiger partial charge in [0.15, 0.2) is 0 Å². The largest absolute Gasteiger partial charge is 0.463 e. The van der Waals surface area contributed by atoms with Crippen molar-refractivity contribution in [3.63, 3.8) is 0 Å². The van der Waals surface area contributed by atoms with Crippen molar-refractivity contribution >= 4 is 28.6 Å². The van der Waals surface area contributed by atoms with Crippen LogP contribution in [0.4, 0.5) is 11.6 Å². The Kier molecular flexibility index (Phi) is 4.55. The Morgan fingerprint density at radius 2 is 1.89 bits per heavy atom. The number of carbonyl (C=O) groups excluding carboxylic acids is 1. The van der Waals surface area contributed by atoms with E-state index in [1.807, 2.05) is 52.2 Å². The zero-order valence-electron chi connectivity index (χ0n) is 16.6. The molecule has 144 valence electrons. The lowest BCUT2D eigenvalue weighted by Crippen LogP contribution is -2.29. The van der Waals surface area contributed by atoms with Crippen LogP contribution in [0.2, 0.25) is 0 Å². The van der Waals surface area contributed by atoms with Gasteiger partial charge in [-0.3, -0.25) is 4.57 Å². The molecule has 0 spiro atoms. The minimum Gasteiger partial charge on any atom is -0.463 e. The Hall–Kier alpha value is -3.28. The quantitative estimate of drug-likeness (QED) is 0.699. The fourth-order valence-corrected chi connectivity index (χ4v) is 3.71. The summed E-state index contributed by atoms with van der Waals surface area (Å²) in [5, 5.41) is 3.29. The van der Waals surface area contributed by atoms with Crippen molar-refractivity contribution in [3.05, 3.63) is 65.4 Å². The number of anilines is 2. The Morgan fingerprint density at radius 3 is 2.57 bits per heavy atom. The van der Waals surface area contributed by atoms with Crippen LogP contribution in [0.1, 0.15) is 25.5 Å². The van der Waals surface area contributed by atoms with Crippen molar-refractivity contribution in [2.75, 3.05) is 30.9 Å². The normalized spacial score (nSPS) is 15.9. The molecule has 6 nitrogen and oxygen atoms in total. The van der Waals surface area contributed by atoms with E-state index in [0.29, 0.717) is 12.2 Å². The molecule has 1 atom stereocenters. The number of ether oxygens (including phenoxy) is 1. The summed E-state index contributed by atoms with van der Waals surface area (Å²) in [7, 11) is 4.02. The molecule has 1 unspecified atom stereocenters. The summed E-state index contributed by atoms with van der Waals surface area (Å²) in [4.78, 5) is 19.6. The van der Waals surface area contributed by atoms with E-state index in [1.54, 1.807) is 0 Å². The number of fused-ring (bicyclic) bond motifs is 3. The van der Waals surface area contributed by atoms with Gasteiger partial charge in [-0.15, -0.1) is 0 Å². The predicted octanol–water partition coefficient (Wildman–Crippen LogP) is 3.95. The van der Waals surface area contributed by atoms with Crippen LogP contribution < -0.4 is 10.2 Å². The lowest BCUT2D eigenvalue weighted by molar-refractivity contribution is -0.139. The number of esters is 1. The minimum atomic E-state index is -0.308. The molecule has 0 amide bonds. The molecule has 3 aromatic rings. The smallest absolute Gasteiger partial charge is 0.338 e. The highest BCUT2D eigenvalue weighted by molar-refractivity contribution is 5.94. The zero-order valence-corrected chi connectivity index (χ0v) is 16.6. The average molecular weight is 376 g/mol. The van der Waals surface area contributed by atoms with E-state index in [-0.39, 0.29) is 12.0 Å². The zero-order chi connectivity index (χ0) is 19.8. The Labute approximate surface area is 164 Å². The van der Waals surface area contributed by atoms with Gasteiger partial charge in [0.05, 0.1) is 29.3 Å². The molecule has 0 saturated carbocycles. The van der Waals surface area contributed by atoms with Gasteiger partial charge in [0.2, 0.25) is 5.95 Å². The number of hydrogen-bond donors (Lipinski definition) is 1. The van der Waals surface area contributed by atoms with Gasteiger partial charge in [-0.2, -0.15) is 0 Å². The molecule has 6 heteroatoms. The summed E-state index contributed by atoms with van der Waals surface area (Å²) in [6.07, 6.45) is 0. The average Bonchev–Trinajstić information content (AvgIpc) is 3.05. The summed E-state index contributed by atoms with van der Waals surface area (Å²) in [5.74, 6) is 0.422.